The second kappa shape index (κ2) is 22.1. The number of benzene rings is 9. The van der Waals surface area contributed by atoms with Crippen LogP contribution in [0.1, 0.15) is 40.7 Å². The Kier molecular flexibility index (Phi) is 13.9. The van der Waals surface area contributed by atoms with E-state index in [0.29, 0.717) is 13.1 Å². The Labute approximate surface area is 446 Å². The van der Waals surface area contributed by atoms with E-state index in [9.17, 15) is 0 Å². The summed E-state index contributed by atoms with van der Waals surface area (Å²) in [6.45, 7) is 3.21. The smallest absolute Gasteiger partial charge is 0.0917 e. The van der Waals surface area contributed by atoms with Crippen molar-refractivity contribution >= 4 is 80.3 Å². The van der Waals surface area contributed by atoms with E-state index in [2.05, 4.69) is 273 Å². The third kappa shape index (κ3) is 10.3. The summed E-state index contributed by atoms with van der Waals surface area (Å²) in [5.74, 6) is 0. The number of para-hydroxylation sites is 6. The molecule has 374 valence electrons. The molecule has 1 atom stereocenters. The molecule has 0 aliphatic carbocycles. The largest absolute Gasteiger partial charge is 0.371 e. The van der Waals surface area contributed by atoms with Crippen molar-refractivity contribution in [2.75, 3.05) is 51.0 Å². The molecule has 0 spiro atoms. The van der Waals surface area contributed by atoms with E-state index in [1.165, 1.54) is 51.5 Å². The minimum Gasteiger partial charge on any atom is -0.371 e. The first kappa shape index (κ1) is 47.8. The van der Waals surface area contributed by atoms with Gasteiger partial charge in [-0.25, -0.2) is 0 Å². The van der Waals surface area contributed by atoms with E-state index < -0.39 is 0 Å². The first-order valence-corrected chi connectivity index (χ1v) is 26.6. The molecule has 1 aromatic heterocycles. The molecule has 0 bridgehead atoms. The molecule has 76 heavy (non-hydrogen) atoms. The Hall–Kier alpha value is -9.21. The van der Waals surface area contributed by atoms with E-state index in [1.54, 1.807) is 0 Å². The van der Waals surface area contributed by atoms with E-state index in [-0.39, 0.29) is 6.04 Å². The summed E-state index contributed by atoms with van der Waals surface area (Å²) < 4.78 is 2.27. The first-order chi connectivity index (χ1) is 37.6. The molecule has 9 heteroatoms. The van der Waals surface area contributed by atoms with Crippen molar-refractivity contribution in [2.45, 2.75) is 31.7 Å². The zero-order chi connectivity index (χ0) is 51.0. The number of hydrogen-bond acceptors (Lipinski definition) is 8. The lowest BCUT2D eigenvalue weighted by molar-refractivity contribution is 0.576. The second-order valence-corrected chi connectivity index (χ2v) is 19.7. The predicted octanol–water partition coefficient (Wildman–Crippen LogP) is 14.8. The van der Waals surface area contributed by atoms with Crippen LogP contribution in [0, 0.1) is 0 Å². The Bertz CT molecular complexity index is 3560. The van der Waals surface area contributed by atoms with Crippen LogP contribution < -0.4 is 24.8 Å². The van der Waals surface area contributed by atoms with Gasteiger partial charge in [0.25, 0.3) is 0 Å². The maximum atomic E-state index is 5.53. The van der Waals surface area contributed by atoms with Crippen LogP contribution in [0.25, 0.3) is 21.8 Å². The molecule has 0 N–H and O–H groups in total. The fraction of sp³-hybridized carbons (Fsp3) is 0.149. The summed E-state index contributed by atoms with van der Waals surface area (Å²) >= 11 is 0. The van der Waals surface area contributed by atoms with Crippen LogP contribution in [0.4, 0.5) is 39.8 Å². The van der Waals surface area contributed by atoms with Crippen molar-refractivity contribution in [1.29, 1.82) is 0 Å². The lowest BCUT2D eigenvalue weighted by Gasteiger charge is -2.37. The van der Waals surface area contributed by atoms with Gasteiger partial charge in [0.1, 0.15) is 0 Å². The van der Waals surface area contributed by atoms with Gasteiger partial charge in [0.05, 0.1) is 54.8 Å². The summed E-state index contributed by atoms with van der Waals surface area (Å²) in [5.41, 5.74) is 16.0. The average Bonchev–Trinajstić information content (AvgIpc) is 3.80. The van der Waals surface area contributed by atoms with Gasteiger partial charge in [0.2, 0.25) is 0 Å². The van der Waals surface area contributed by atoms with E-state index >= 15 is 0 Å². The summed E-state index contributed by atoms with van der Waals surface area (Å²) in [6, 6.07) is 80.8. The number of hydrazone groups is 3. The zero-order valence-corrected chi connectivity index (χ0v) is 42.9. The molecule has 2 aliphatic heterocycles. The maximum Gasteiger partial charge on any atom is 0.0917 e. The summed E-state index contributed by atoms with van der Waals surface area (Å²) in [5, 5.41) is 25.1. The highest BCUT2D eigenvalue weighted by Crippen LogP contribution is 2.37. The third-order valence-corrected chi connectivity index (χ3v) is 14.7. The monoisotopic (exact) mass is 992 g/mol. The molecule has 9 aromatic carbocycles. The minimum absolute atomic E-state index is 0.298. The first-order valence-electron chi connectivity index (χ1n) is 26.6. The van der Waals surface area contributed by atoms with E-state index in [0.717, 1.165) is 76.7 Å². The minimum atomic E-state index is -0.298. The predicted molar refractivity (Wildman–Crippen MR) is 320 cm³/mol. The van der Waals surface area contributed by atoms with Crippen molar-refractivity contribution in [3.8, 4) is 0 Å². The summed E-state index contributed by atoms with van der Waals surface area (Å²) in [6.07, 6.45) is 10.6. The Morgan fingerprint density at radius 3 is 1.43 bits per heavy atom. The van der Waals surface area contributed by atoms with Gasteiger partial charge in [0.15, 0.2) is 0 Å². The molecule has 10 aromatic rings. The Morgan fingerprint density at radius 2 is 0.868 bits per heavy atom. The molecule has 1 unspecified atom stereocenters. The van der Waals surface area contributed by atoms with Crippen LogP contribution in [0.15, 0.2) is 246 Å². The molecule has 3 heterocycles. The number of anilines is 7. The van der Waals surface area contributed by atoms with Crippen LogP contribution in [-0.4, -0.2) is 55.4 Å². The molecule has 0 saturated carbocycles. The molecular formula is C67H61N9. The van der Waals surface area contributed by atoms with Crippen molar-refractivity contribution in [2.24, 2.45) is 22.4 Å². The third-order valence-electron chi connectivity index (χ3n) is 14.7. The lowest BCUT2D eigenvalue weighted by atomic mass is 9.90. The van der Waals surface area contributed by atoms with Crippen LogP contribution in [-0.2, 0) is 19.9 Å². The van der Waals surface area contributed by atoms with E-state index in [1.807, 2.05) is 12.4 Å². The fourth-order valence-electron chi connectivity index (χ4n) is 11.1. The highest BCUT2D eigenvalue weighted by Gasteiger charge is 2.28. The standard InChI is InChI=1S/C67H61N9/c1-71-65-34-18-17-33-63(65)64-45-52(37-40-66(64)71)47-69-74(57-25-9-3-10-26-57)50-62(76(61-31-15-6-16-32-61)70-48-53-43-54-21-19-41-72-42-20-22-55(44-53)67(54)72)49-73(56-23-7-2-8-24-56)68-46-51-35-38-60(39-36-51)75(58-27-11-4-12-28-58)59-29-13-5-14-30-59/h2-18,23-40,43-48,62H,19-22,41-42,49-50H2,1H3/b68-46-,69-47+,70-48-. The molecule has 0 saturated heterocycles. The SMILES string of the molecule is Cn1c2ccccc2c2cc(/C=N/N(CC(CN(/N=C\c3ccc(N(c4ccccc4)c4ccccc4)cc3)c3ccccc3)N(/N=C\c3cc4c5c(c3)CCCN5CCC4)c3ccccc3)c3ccccc3)ccc21. The molecule has 9 nitrogen and oxygen atoms in total. The van der Waals surface area contributed by atoms with Crippen molar-refractivity contribution in [3.63, 3.8) is 0 Å². The van der Waals surface area contributed by atoms with Gasteiger partial charge in [-0.15, -0.1) is 0 Å². The number of nitrogens with zero attached hydrogens (tertiary/aromatic N) is 9. The van der Waals surface area contributed by atoms with Crippen molar-refractivity contribution in [3.05, 3.63) is 258 Å². The van der Waals surface area contributed by atoms with Crippen LogP contribution in [0.5, 0.6) is 0 Å². The molecule has 12 rings (SSSR count). The highest BCUT2D eigenvalue weighted by molar-refractivity contribution is 6.09. The van der Waals surface area contributed by atoms with Crippen LogP contribution in [0.3, 0.4) is 0 Å². The van der Waals surface area contributed by atoms with Gasteiger partial charge in [-0.2, -0.15) is 15.3 Å². The number of hydrogen-bond donors (Lipinski definition) is 0. The van der Waals surface area contributed by atoms with Gasteiger partial charge in [0, 0.05) is 64.7 Å². The van der Waals surface area contributed by atoms with Gasteiger partial charge < -0.3 is 14.4 Å². The number of rotatable bonds is 17. The average molecular weight is 992 g/mol. The second-order valence-electron chi connectivity index (χ2n) is 19.7. The highest BCUT2D eigenvalue weighted by atomic mass is 15.5. The Balaban J connectivity index is 0.938. The summed E-state index contributed by atoms with van der Waals surface area (Å²) in [7, 11) is 2.14. The molecule has 0 fully saturated rings. The van der Waals surface area contributed by atoms with Crippen molar-refractivity contribution < 1.29 is 0 Å². The number of aryl methyl sites for hydroxylation is 3. The molecule has 0 amide bonds. The van der Waals surface area contributed by atoms with E-state index in [4.69, 9.17) is 15.3 Å². The van der Waals surface area contributed by atoms with Crippen LogP contribution >= 0.6 is 0 Å². The normalized spacial score (nSPS) is 13.7. The zero-order valence-electron chi connectivity index (χ0n) is 42.9. The molecule has 0 radical (unpaired) electrons. The maximum absolute atomic E-state index is 5.53. The summed E-state index contributed by atoms with van der Waals surface area (Å²) in [4.78, 5) is 4.87. The van der Waals surface area contributed by atoms with Gasteiger partial charge in [-0.05, 0) is 157 Å². The molecule has 2 aliphatic rings. The topological polar surface area (TPSA) is 58.2 Å². The number of aromatic nitrogens is 1. The fourth-order valence-corrected chi connectivity index (χ4v) is 11.1. The quantitative estimate of drug-likeness (QED) is 0.0672. The molecular weight excluding hydrogens is 931 g/mol. The van der Waals surface area contributed by atoms with Gasteiger partial charge in [-0.3, -0.25) is 15.0 Å². The van der Waals surface area contributed by atoms with Crippen molar-refractivity contribution in [1.82, 2.24) is 4.57 Å². The number of fused-ring (bicyclic) bond motifs is 3. The van der Waals surface area contributed by atoms with Gasteiger partial charge in [-0.1, -0.05) is 127 Å². The lowest BCUT2D eigenvalue weighted by Crippen LogP contribution is -2.47. The van der Waals surface area contributed by atoms with Gasteiger partial charge >= 0.3 is 0 Å². The Morgan fingerprint density at radius 1 is 0.421 bits per heavy atom. The van der Waals surface area contributed by atoms with Crippen LogP contribution in [0.2, 0.25) is 0 Å².